The fourth-order valence-electron chi connectivity index (χ4n) is 1.38. The lowest BCUT2D eigenvalue weighted by Crippen LogP contribution is -2.27. The van der Waals surface area contributed by atoms with Gasteiger partial charge in [0.1, 0.15) is 12.1 Å². The molecular formula is C14H16Cl3N2+. The Kier molecular flexibility index (Phi) is 6.05. The second kappa shape index (κ2) is 7.09. The molecule has 0 saturated carbocycles. The first-order valence-electron chi connectivity index (χ1n) is 5.70. The molecule has 0 saturated heterocycles. The van der Waals surface area contributed by atoms with Crippen LogP contribution in [0.3, 0.4) is 0 Å². The van der Waals surface area contributed by atoms with E-state index in [1.807, 2.05) is 31.7 Å². The van der Waals surface area contributed by atoms with E-state index < -0.39 is 0 Å². The van der Waals surface area contributed by atoms with Gasteiger partial charge in [-0.15, -0.1) is 0 Å². The highest BCUT2D eigenvalue weighted by Gasteiger charge is 2.03. The van der Waals surface area contributed by atoms with Gasteiger partial charge in [0.2, 0.25) is 0 Å². The first-order chi connectivity index (χ1) is 8.82. The molecule has 0 N–H and O–H groups in total. The first-order valence-corrected chi connectivity index (χ1v) is 6.84. The Labute approximate surface area is 129 Å². The van der Waals surface area contributed by atoms with E-state index >= 15 is 0 Å². The molecule has 2 aromatic heterocycles. The molecule has 0 amide bonds. The summed E-state index contributed by atoms with van der Waals surface area (Å²) in [5.41, 5.74) is 3.28. The Morgan fingerprint density at radius 2 is 1.37 bits per heavy atom. The number of rotatable bonds is 0. The molecule has 2 heterocycles. The predicted molar refractivity (Wildman–Crippen MR) is 81.1 cm³/mol. The molecule has 0 aliphatic carbocycles. The van der Waals surface area contributed by atoms with Crippen molar-refractivity contribution in [1.29, 1.82) is 0 Å². The highest BCUT2D eigenvalue weighted by atomic mass is 35.5. The highest BCUT2D eigenvalue weighted by Crippen LogP contribution is 2.20. The van der Waals surface area contributed by atoms with Gasteiger partial charge in [-0.3, -0.25) is 4.98 Å². The van der Waals surface area contributed by atoms with Gasteiger partial charge in [-0.25, -0.2) is 4.57 Å². The number of pyridine rings is 2. The number of hydrogen-bond donors (Lipinski definition) is 0. The maximum atomic E-state index is 5.90. The molecule has 2 rings (SSSR count). The van der Waals surface area contributed by atoms with Crippen molar-refractivity contribution in [1.82, 2.24) is 4.98 Å². The van der Waals surface area contributed by atoms with E-state index in [-0.39, 0.29) is 0 Å². The fraction of sp³-hybridized carbons (Fsp3) is 0.286. The smallest absolute Gasteiger partial charge is 0.187 e. The molecule has 0 aliphatic heterocycles. The van der Waals surface area contributed by atoms with Gasteiger partial charge in [-0.2, -0.15) is 0 Å². The molecule has 0 atom stereocenters. The molecule has 0 spiro atoms. The lowest BCUT2D eigenvalue weighted by atomic mass is 10.2. The van der Waals surface area contributed by atoms with Gasteiger partial charge in [0.25, 0.3) is 0 Å². The zero-order chi connectivity index (χ0) is 14.6. The minimum atomic E-state index is 0.613. The summed E-state index contributed by atoms with van der Waals surface area (Å²) in [6.45, 7) is 5.94. The molecule has 0 fully saturated rings. The molecule has 102 valence electrons. The Bertz CT molecular complexity index is 540. The number of aromatic nitrogens is 2. The summed E-state index contributed by atoms with van der Waals surface area (Å²) in [7, 11) is 1.97. The number of halogens is 3. The Hall–Kier alpha value is -0.830. The summed E-state index contributed by atoms with van der Waals surface area (Å²) < 4.78 is 1.96. The molecule has 0 aliphatic rings. The van der Waals surface area contributed by atoms with Crippen molar-refractivity contribution >= 4 is 34.8 Å². The zero-order valence-electron chi connectivity index (χ0n) is 11.3. The van der Waals surface area contributed by atoms with Crippen molar-refractivity contribution < 1.29 is 4.57 Å². The van der Waals surface area contributed by atoms with Crippen LogP contribution in [-0.2, 0) is 7.05 Å². The largest absolute Gasteiger partial charge is 0.262 e. The van der Waals surface area contributed by atoms with Crippen LogP contribution >= 0.6 is 34.8 Å². The summed E-state index contributed by atoms with van der Waals surface area (Å²) in [6.07, 6.45) is 7.11. The van der Waals surface area contributed by atoms with Gasteiger partial charge >= 0.3 is 0 Å². The van der Waals surface area contributed by atoms with Gasteiger partial charge in [-0.1, -0.05) is 34.8 Å². The summed E-state index contributed by atoms with van der Waals surface area (Å²) in [5.74, 6) is 0. The minimum absolute atomic E-state index is 0.613. The minimum Gasteiger partial charge on any atom is -0.262 e. The van der Waals surface area contributed by atoms with Crippen molar-refractivity contribution in [2.75, 3.05) is 0 Å². The third-order valence-corrected chi connectivity index (χ3v) is 3.90. The molecule has 19 heavy (non-hydrogen) atoms. The first kappa shape index (κ1) is 16.2. The van der Waals surface area contributed by atoms with Crippen LogP contribution in [-0.4, -0.2) is 4.98 Å². The fourth-order valence-corrected chi connectivity index (χ4v) is 2.05. The molecule has 0 bridgehead atoms. The van der Waals surface area contributed by atoms with Crippen LogP contribution in [0.2, 0.25) is 15.1 Å². The van der Waals surface area contributed by atoms with E-state index in [4.69, 9.17) is 34.8 Å². The Morgan fingerprint density at radius 1 is 0.842 bits per heavy atom. The van der Waals surface area contributed by atoms with E-state index in [2.05, 4.69) is 18.1 Å². The van der Waals surface area contributed by atoms with E-state index in [9.17, 15) is 0 Å². The van der Waals surface area contributed by atoms with Crippen LogP contribution in [0.1, 0.15) is 16.7 Å². The molecule has 2 aromatic rings. The molecule has 5 heteroatoms. The lowest BCUT2D eigenvalue weighted by Gasteiger charge is -1.97. The van der Waals surface area contributed by atoms with Crippen molar-refractivity contribution in [3.8, 4) is 0 Å². The van der Waals surface area contributed by atoms with E-state index in [0.29, 0.717) is 10.0 Å². The standard InChI is InChI=1S/C8H11ClN.C6H5Cl2N/c1-6-4-10(3)5-8(9)7(6)2;1-4-5(7)2-9-3-6(4)8/h4-5H,1-3H3;2-3H,1H3/q+1;. The van der Waals surface area contributed by atoms with Gasteiger partial charge in [0, 0.05) is 18.0 Å². The quantitative estimate of drug-likeness (QED) is 0.655. The van der Waals surface area contributed by atoms with Crippen molar-refractivity contribution in [3.63, 3.8) is 0 Å². The summed E-state index contributed by atoms with van der Waals surface area (Å²) in [5, 5.41) is 2.06. The monoisotopic (exact) mass is 317 g/mol. The topological polar surface area (TPSA) is 16.8 Å². The lowest BCUT2D eigenvalue weighted by molar-refractivity contribution is -0.671. The van der Waals surface area contributed by atoms with Crippen molar-refractivity contribution in [2.45, 2.75) is 20.8 Å². The van der Waals surface area contributed by atoms with Crippen LogP contribution in [0.5, 0.6) is 0 Å². The molecule has 0 aromatic carbocycles. The highest BCUT2D eigenvalue weighted by molar-refractivity contribution is 6.35. The van der Waals surface area contributed by atoms with Crippen LogP contribution < -0.4 is 4.57 Å². The van der Waals surface area contributed by atoms with Crippen LogP contribution in [0.15, 0.2) is 24.8 Å². The molecule has 2 nitrogen and oxygen atoms in total. The Balaban J connectivity index is 0.000000191. The average Bonchev–Trinajstić information content (AvgIpc) is 2.33. The van der Waals surface area contributed by atoms with E-state index in [1.54, 1.807) is 12.4 Å². The van der Waals surface area contributed by atoms with Crippen molar-refractivity contribution in [3.05, 3.63) is 56.5 Å². The summed E-state index contributed by atoms with van der Waals surface area (Å²) >= 11 is 17.2. The van der Waals surface area contributed by atoms with E-state index in [0.717, 1.165) is 10.6 Å². The van der Waals surface area contributed by atoms with E-state index in [1.165, 1.54) is 11.1 Å². The summed E-state index contributed by atoms with van der Waals surface area (Å²) in [4.78, 5) is 3.78. The van der Waals surface area contributed by atoms with Gasteiger partial charge in [0.15, 0.2) is 12.4 Å². The third-order valence-electron chi connectivity index (χ3n) is 2.76. The second-order valence-electron chi connectivity index (χ2n) is 4.31. The van der Waals surface area contributed by atoms with Crippen molar-refractivity contribution in [2.24, 2.45) is 7.05 Å². The number of aryl methyl sites for hydroxylation is 2. The number of hydrogen-bond acceptors (Lipinski definition) is 1. The average molecular weight is 319 g/mol. The number of nitrogens with zero attached hydrogens (tertiary/aromatic N) is 2. The van der Waals surface area contributed by atoms with Crippen LogP contribution in [0.4, 0.5) is 0 Å². The Morgan fingerprint density at radius 3 is 1.79 bits per heavy atom. The van der Waals surface area contributed by atoms with Crippen LogP contribution in [0.25, 0.3) is 0 Å². The maximum Gasteiger partial charge on any atom is 0.187 e. The molecule has 0 radical (unpaired) electrons. The SMILES string of the molecule is Cc1c(Cl)cncc1Cl.Cc1c[n+](C)cc(Cl)c1C. The normalized spacial score (nSPS) is 9.84. The zero-order valence-corrected chi connectivity index (χ0v) is 13.6. The maximum absolute atomic E-state index is 5.90. The van der Waals surface area contributed by atoms with Gasteiger partial charge in [0.05, 0.1) is 10.0 Å². The van der Waals surface area contributed by atoms with Gasteiger partial charge in [-0.05, 0) is 31.9 Å². The second-order valence-corrected chi connectivity index (χ2v) is 5.53. The van der Waals surface area contributed by atoms with Crippen LogP contribution in [0, 0.1) is 20.8 Å². The molecule has 0 unspecified atom stereocenters. The predicted octanol–water partition coefficient (Wildman–Crippen LogP) is 4.48. The van der Waals surface area contributed by atoms with Gasteiger partial charge < -0.3 is 0 Å². The molecular weight excluding hydrogens is 303 g/mol. The third kappa shape index (κ3) is 4.64. The summed E-state index contributed by atoms with van der Waals surface area (Å²) in [6, 6.07) is 0.